The fourth-order valence-corrected chi connectivity index (χ4v) is 0.838. The van der Waals surface area contributed by atoms with Gasteiger partial charge in [-0.2, -0.15) is 0 Å². The number of nitrogens with one attached hydrogen (secondary N) is 1. The molecule has 66 valence electrons. The Bertz CT molecular complexity index is 231. The lowest BCUT2D eigenvalue weighted by Crippen LogP contribution is -2.21. The highest BCUT2D eigenvalue weighted by molar-refractivity contribution is 5.73. The lowest BCUT2D eigenvalue weighted by atomic mass is 10.3. The molecule has 0 spiro atoms. The normalized spacial score (nSPS) is 10.0. The maximum atomic E-state index is 10.3. The van der Waals surface area contributed by atoms with Gasteiger partial charge in [-0.3, -0.25) is 4.79 Å². The van der Waals surface area contributed by atoms with Crippen molar-refractivity contribution in [2.45, 2.75) is 13.0 Å². The largest absolute Gasteiger partial charge is 0.472 e. The van der Waals surface area contributed by atoms with Crippen LogP contribution in [0.15, 0.2) is 23.0 Å². The van der Waals surface area contributed by atoms with Gasteiger partial charge in [0.2, 0.25) is 5.91 Å². The summed E-state index contributed by atoms with van der Waals surface area (Å²) in [5.74, 6) is -0.283. The summed E-state index contributed by atoms with van der Waals surface area (Å²) in [6.07, 6.45) is 3.65. The Morgan fingerprint density at radius 3 is 3.08 bits per heavy atom. The average Bonchev–Trinajstić information content (AvgIpc) is 2.49. The van der Waals surface area contributed by atoms with E-state index >= 15 is 0 Å². The van der Waals surface area contributed by atoms with Crippen LogP contribution in [0.1, 0.15) is 12.0 Å². The Labute approximate surface area is 70.7 Å². The van der Waals surface area contributed by atoms with Crippen LogP contribution in [0.5, 0.6) is 0 Å². The number of amides is 1. The molecule has 0 saturated carbocycles. The first-order valence-corrected chi connectivity index (χ1v) is 3.79. The minimum atomic E-state index is -0.283. The van der Waals surface area contributed by atoms with Gasteiger partial charge < -0.3 is 15.5 Å². The molecule has 0 radical (unpaired) electrons. The van der Waals surface area contributed by atoms with Crippen LogP contribution in [0.3, 0.4) is 0 Å². The molecule has 4 nitrogen and oxygen atoms in total. The van der Waals surface area contributed by atoms with Crippen LogP contribution < -0.4 is 11.1 Å². The lowest BCUT2D eigenvalue weighted by Gasteiger charge is -1.99. The molecule has 0 bridgehead atoms. The van der Waals surface area contributed by atoms with Gasteiger partial charge >= 0.3 is 0 Å². The fraction of sp³-hybridized carbons (Fsp3) is 0.375. The van der Waals surface area contributed by atoms with E-state index in [1.807, 2.05) is 6.07 Å². The van der Waals surface area contributed by atoms with Gasteiger partial charge in [0.1, 0.15) is 0 Å². The van der Waals surface area contributed by atoms with E-state index in [-0.39, 0.29) is 5.91 Å². The molecule has 4 heteroatoms. The third kappa shape index (κ3) is 3.21. The number of hydrogen-bond acceptors (Lipinski definition) is 3. The zero-order valence-electron chi connectivity index (χ0n) is 6.75. The monoisotopic (exact) mass is 168 g/mol. The highest BCUT2D eigenvalue weighted by Crippen LogP contribution is 1.97. The first kappa shape index (κ1) is 8.80. The minimum absolute atomic E-state index is 0.283. The van der Waals surface area contributed by atoms with Crippen molar-refractivity contribution in [2.75, 3.05) is 6.54 Å². The van der Waals surface area contributed by atoms with Gasteiger partial charge in [0.15, 0.2) is 0 Å². The van der Waals surface area contributed by atoms with E-state index in [0.29, 0.717) is 19.5 Å². The van der Waals surface area contributed by atoms with Crippen LogP contribution in [0.4, 0.5) is 0 Å². The van der Waals surface area contributed by atoms with Crippen LogP contribution in [0, 0.1) is 0 Å². The maximum Gasteiger partial charge on any atom is 0.218 e. The van der Waals surface area contributed by atoms with Gasteiger partial charge in [-0.05, 0) is 6.07 Å². The molecule has 0 aliphatic rings. The number of carbonyl (C=O) groups excluding carboxylic acids is 1. The second-order valence-corrected chi connectivity index (χ2v) is 2.52. The summed E-state index contributed by atoms with van der Waals surface area (Å²) in [7, 11) is 0. The van der Waals surface area contributed by atoms with Crippen LogP contribution in [-0.4, -0.2) is 12.5 Å². The number of rotatable bonds is 5. The number of carbonyl (C=O) groups is 1. The summed E-state index contributed by atoms with van der Waals surface area (Å²) >= 11 is 0. The van der Waals surface area contributed by atoms with Crippen LogP contribution >= 0.6 is 0 Å². The van der Waals surface area contributed by atoms with Crippen LogP contribution in [0.2, 0.25) is 0 Å². The third-order valence-corrected chi connectivity index (χ3v) is 1.46. The molecule has 1 rings (SSSR count). The fourth-order valence-electron chi connectivity index (χ4n) is 0.838. The molecule has 1 amide bonds. The van der Waals surface area contributed by atoms with Crippen molar-refractivity contribution in [2.24, 2.45) is 5.73 Å². The molecule has 1 aromatic rings. The summed E-state index contributed by atoms with van der Waals surface area (Å²) in [4.78, 5) is 10.3. The Kier molecular flexibility index (Phi) is 3.35. The van der Waals surface area contributed by atoms with Crippen LogP contribution in [-0.2, 0) is 11.3 Å². The lowest BCUT2D eigenvalue weighted by molar-refractivity contribution is -0.117. The molecule has 0 aromatic carbocycles. The van der Waals surface area contributed by atoms with Crippen molar-refractivity contribution in [3.8, 4) is 0 Å². The van der Waals surface area contributed by atoms with Gasteiger partial charge in [-0.15, -0.1) is 0 Å². The zero-order valence-corrected chi connectivity index (χ0v) is 6.75. The second kappa shape index (κ2) is 4.56. The number of primary amides is 1. The smallest absolute Gasteiger partial charge is 0.218 e. The second-order valence-electron chi connectivity index (χ2n) is 2.52. The van der Waals surface area contributed by atoms with E-state index in [2.05, 4.69) is 5.32 Å². The SMILES string of the molecule is NC(=O)CCNCc1ccoc1. The Balaban J connectivity index is 2.07. The van der Waals surface area contributed by atoms with E-state index in [1.165, 1.54) is 0 Å². The summed E-state index contributed by atoms with van der Waals surface area (Å²) in [6.45, 7) is 1.32. The quantitative estimate of drug-likeness (QED) is 0.619. The van der Waals surface area contributed by atoms with Gasteiger partial charge in [0.05, 0.1) is 12.5 Å². The van der Waals surface area contributed by atoms with E-state index in [9.17, 15) is 4.79 Å². The predicted molar refractivity (Wildman–Crippen MR) is 44.2 cm³/mol. The molecular formula is C8H12N2O2. The highest BCUT2D eigenvalue weighted by atomic mass is 16.3. The molecule has 0 fully saturated rings. The molecule has 1 aromatic heterocycles. The average molecular weight is 168 g/mol. The molecule has 0 aliphatic carbocycles. The summed E-state index contributed by atoms with van der Waals surface area (Å²) in [5.41, 5.74) is 6.02. The molecule has 0 atom stereocenters. The molecule has 0 aliphatic heterocycles. The van der Waals surface area contributed by atoms with E-state index < -0.39 is 0 Å². The first-order valence-electron chi connectivity index (χ1n) is 3.79. The van der Waals surface area contributed by atoms with E-state index in [1.54, 1.807) is 12.5 Å². The Morgan fingerprint density at radius 2 is 2.50 bits per heavy atom. The minimum Gasteiger partial charge on any atom is -0.472 e. The number of hydrogen-bond donors (Lipinski definition) is 2. The van der Waals surface area contributed by atoms with E-state index in [0.717, 1.165) is 5.56 Å². The molecule has 3 N–H and O–H groups in total. The third-order valence-electron chi connectivity index (χ3n) is 1.46. The van der Waals surface area contributed by atoms with Gasteiger partial charge in [-0.1, -0.05) is 0 Å². The summed E-state index contributed by atoms with van der Waals surface area (Å²) in [6, 6.07) is 1.87. The van der Waals surface area contributed by atoms with E-state index in [4.69, 9.17) is 10.2 Å². The maximum absolute atomic E-state index is 10.3. The Hall–Kier alpha value is -1.29. The molecule has 0 saturated heterocycles. The first-order chi connectivity index (χ1) is 5.79. The standard InChI is InChI=1S/C8H12N2O2/c9-8(11)1-3-10-5-7-2-4-12-6-7/h2,4,6,10H,1,3,5H2,(H2,9,11). The number of furan rings is 1. The van der Waals surface area contributed by atoms with Gasteiger partial charge in [-0.25, -0.2) is 0 Å². The zero-order chi connectivity index (χ0) is 8.81. The van der Waals surface area contributed by atoms with Crippen molar-refractivity contribution < 1.29 is 9.21 Å². The molecule has 1 heterocycles. The van der Waals surface area contributed by atoms with Crippen molar-refractivity contribution in [3.05, 3.63) is 24.2 Å². The topological polar surface area (TPSA) is 68.3 Å². The van der Waals surface area contributed by atoms with Crippen molar-refractivity contribution in [1.29, 1.82) is 0 Å². The predicted octanol–water partition coefficient (Wildman–Crippen LogP) is 0.245. The van der Waals surface area contributed by atoms with Gasteiger partial charge in [0, 0.05) is 25.1 Å². The van der Waals surface area contributed by atoms with Crippen molar-refractivity contribution in [3.63, 3.8) is 0 Å². The number of nitrogens with two attached hydrogens (primary N) is 1. The summed E-state index contributed by atoms with van der Waals surface area (Å²) in [5, 5.41) is 3.06. The Morgan fingerprint density at radius 1 is 1.67 bits per heavy atom. The highest BCUT2D eigenvalue weighted by Gasteiger charge is 1.95. The van der Waals surface area contributed by atoms with Crippen LogP contribution in [0.25, 0.3) is 0 Å². The molecule has 12 heavy (non-hydrogen) atoms. The summed E-state index contributed by atoms with van der Waals surface area (Å²) < 4.78 is 4.86. The van der Waals surface area contributed by atoms with Crippen molar-refractivity contribution in [1.82, 2.24) is 5.32 Å². The van der Waals surface area contributed by atoms with Crippen molar-refractivity contribution >= 4 is 5.91 Å². The molecular weight excluding hydrogens is 156 g/mol. The van der Waals surface area contributed by atoms with Gasteiger partial charge in [0.25, 0.3) is 0 Å². The molecule has 0 unspecified atom stereocenters.